The Kier molecular flexibility index (Phi) is 8.75. The van der Waals surface area contributed by atoms with Gasteiger partial charge in [0.1, 0.15) is 0 Å². The number of hydrogen-bond donors (Lipinski definition) is 4. The van der Waals surface area contributed by atoms with E-state index in [0.717, 1.165) is 46.5 Å². The fraction of sp³-hybridized carbons (Fsp3) is 0.407. The van der Waals surface area contributed by atoms with Gasteiger partial charge in [0.05, 0.1) is 12.3 Å². The van der Waals surface area contributed by atoms with Crippen molar-refractivity contribution in [1.82, 2.24) is 10.2 Å². The minimum Gasteiger partial charge on any atom is -0.367 e. The molecule has 176 valence electrons. The highest BCUT2D eigenvalue weighted by Gasteiger charge is 2.24. The zero-order valence-electron chi connectivity index (χ0n) is 19.8. The minimum absolute atomic E-state index is 0.0185. The Hall–Kier alpha value is -2.57. The molecule has 3 rings (SSSR count). The van der Waals surface area contributed by atoms with Crippen molar-refractivity contribution in [3.05, 3.63) is 70.6 Å². The predicted octanol–water partition coefficient (Wildman–Crippen LogP) is 5.09. The van der Waals surface area contributed by atoms with Crippen molar-refractivity contribution in [3.8, 4) is 11.1 Å². The van der Waals surface area contributed by atoms with E-state index in [-0.39, 0.29) is 18.0 Å². The van der Waals surface area contributed by atoms with Crippen molar-refractivity contribution >= 4 is 24.4 Å². The number of likely N-dealkylation sites (tertiary alicyclic amines) is 1. The monoisotopic (exact) mass is 464 g/mol. The van der Waals surface area contributed by atoms with E-state index in [9.17, 15) is 4.79 Å². The van der Waals surface area contributed by atoms with Gasteiger partial charge in [-0.3, -0.25) is 10.2 Å². The topological polar surface area (TPSA) is 82.2 Å². The molecule has 1 aliphatic rings. The second-order valence-corrected chi connectivity index (χ2v) is 9.56. The molecule has 3 atom stereocenters. The Morgan fingerprint density at radius 1 is 1.24 bits per heavy atom. The fourth-order valence-electron chi connectivity index (χ4n) is 4.20. The van der Waals surface area contributed by atoms with Crippen molar-refractivity contribution in [2.45, 2.75) is 64.6 Å². The summed E-state index contributed by atoms with van der Waals surface area (Å²) in [6.07, 6.45) is 5.01. The molecule has 5 nitrogen and oxygen atoms in total. The van der Waals surface area contributed by atoms with E-state index >= 15 is 0 Å². The van der Waals surface area contributed by atoms with Crippen molar-refractivity contribution in [1.29, 1.82) is 5.41 Å². The lowest BCUT2D eigenvalue weighted by atomic mass is 9.99. The van der Waals surface area contributed by atoms with E-state index < -0.39 is 0 Å². The number of nitrogens with zero attached hydrogens (tertiary/aromatic N) is 1. The van der Waals surface area contributed by atoms with Crippen molar-refractivity contribution in [3.63, 3.8) is 0 Å². The second-order valence-electron chi connectivity index (χ2n) is 9.04. The number of hydrogen-bond acceptors (Lipinski definition) is 4. The van der Waals surface area contributed by atoms with Gasteiger partial charge in [0, 0.05) is 31.1 Å². The molecule has 1 unspecified atom stereocenters. The third-order valence-electron chi connectivity index (χ3n) is 6.27. The van der Waals surface area contributed by atoms with Crippen LogP contribution in [-0.2, 0) is 11.2 Å². The number of amidine groups is 1. The van der Waals surface area contributed by atoms with E-state index in [0.29, 0.717) is 24.7 Å². The average Bonchev–Trinajstić information content (AvgIpc) is 3.23. The zero-order chi connectivity index (χ0) is 24.0. The van der Waals surface area contributed by atoms with Crippen LogP contribution in [0, 0.1) is 5.41 Å². The molecule has 0 aromatic heterocycles. The van der Waals surface area contributed by atoms with Crippen LogP contribution in [0.1, 0.15) is 57.2 Å². The smallest absolute Gasteiger partial charge is 0.227 e. The minimum atomic E-state index is -0.119. The highest BCUT2D eigenvalue weighted by atomic mass is 32.1. The van der Waals surface area contributed by atoms with Gasteiger partial charge in [-0.15, -0.1) is 12.6 Å². The number of thiol groups is 1. The summed E-state index contributed by atoms with van der Waals surface area (Å²) in [6.45, 7) is 6.94. The van der Waals surface area contributed by atoms with E-state index in [2.05, 4.69) is 61.3 Å². The number of benzene rings is 2. The molecule has 1 aliphatic heterocycles. The van der Waals surface area contributed by atoms with Gasteiger partial charge >= 0.3 is 0 Å². The lowest BCUT2D eigenvalue weighted by Crippen LogP contribution is -2.34. The van der Waals surface area contributed by atoms with Crippen LogP contribution in [0.5, 0.6) is 0 Å². The molecule has 0 saturated carbocycles. The van der Waals surface area contributed by atoms with Crippen LogP contribution < -0.4 is 11.1 Å². The maximum atomic E-state index is 12.7. The predicted molar refractivity (Wildman–Crippen MR) is 141 cm³/mol. The molecule has 4 N–H and O–H groups in total. The molecule has 0 spiro atoms. The lowest BCUT2D eigenvalue weighted by Gasteiger charge is -2.21. The number of amides is 1. The van der Waals surface area contributed by atoms with Crippen LogP contribution >= 0.6 is 12.6 Å². The van der Waals surface area contributed by atoms with Crippen molar-refractivity contribution in [2.24, 2.45) is 5.73 Å². The number of nitrogens with one attached hydrogen (secondary N) is 2. The van der Waals surface area contributed by atoms with Crippen LogP contribution in [0.15, 0.2) is 59.5 Å². The van der Waals surface area contributed by atoms with Gasteiger partial charge in [-0.2, -0.15) is 0 Å². The number of rotatable bonds is 8. The molecule has 2 aromatic carbocycles. The summed E-state index contributed by atoms with van der Waals surface area (Å²) in [7, 11) is 0. The molecule has 33 heavy (non-hydrogen) atoms. The van der Waals surface area contributed by atoms with Gasteiger partial charge in [-0.05, 0) is 60.8 Å². The molecule has 0 aliphatic carbocycles. The Balaban J connectivity index is 1.61. The quantitative estimate of drug-likeness (QED) is 0.250. The van der Waals surface area contributed by atoms with Gasteiger partial charge in [0.15, 0.2) is 0 Å². The fourth-order valence-corrected chi connectivity index (χ4v) is 4.29. The Labute approximate surface area is 203 Å². The normalized spacial score (nSPS) is 18.2. The molecule has 2 aromatic rings. The number of carbonyl (C=O) groups is 1. The maximum Gasteiger partial charge on any atom is 0.227 e. The van der Waals surface area contributed by atoms with Crippen LogP contribution in [0.3, 0.4) is 0 Å². The molecule has 1 saturated heterocycles. The average molecular weight is 465 g/mol. The number of carbonyl (C=O) groups excluding carboxylic acids is 1. The SMILES string of the molecule is CC1CCCN1C(=O)Cc1cccc(-c2ccc([C@@H](C)NC(=N)C/C=C(\S)[C@@H](C)N)cc2)c1. The van der Waals surface area contributed by atoms with E-state index in [1.807, 2.05) is 37.0 Å². The maximum absolute atomic E-state index is 12.7. The first kappa shape index (κ1) is 25.1. The standard InChI is InChI=1S/C27H36N4OS/c1-18-6-5-15-31(18)27(32)17-21-7-4-8-24(16-21)23-11-9-22(10-12-23)20(3)30-26(29)14-13-25(33)19(2)28/h4,7-13,16,18-20,33H,5-6,14-15,17,28H2,1-3H3,(H2,29,30)/b25-13-/t18?,19-,20-/m1/s1. The Morgan fingerprint density at radius 3 is 2.61 bits per heavy atom. The van der Waals surface area contributed by atoms with Gasteiger partial charge in [-0.25, -0.2) is 0 Å². The summed E-state index contributed by atoms with van der Waals surface area (Å²) in [6, 6.07) is 16.9. The van der Waals surface area contributed by atoms with E-state index in [1.165, 1.54) is 0 Å². The van der Waals surface area contributed by atoms with Gasteiger partial charge in [0.2, 0.25) is 5.91 Å². The Morgan fingerprint density at radius 2 is 1.97 bits per heavy atom. The highest BCUT2D eigenvalue weighted by Crippen LogP contribution is 2.24. The summed E-state index contributed by atoms with van der Waals surface area (Å²) in [5.41, 5.74) is 10.2. The first-order valence-electron chi connectivity index (χ1n) is 11.7. The molecular weight excluding hydrogens is 428 g/mol. The van der Waals surface area contributed by atoms with Gasteiger partial charge < -0.3 is 16.0 Å². The summed E-state index contributed by atoms with van der Waals surface area (Å²) in [5, 5.41) is 11.4. The third kappa shape index (κ3) is 6.95. The Bertz CT molecular complexity index is 999. The van der Waals surface area contributed by atoms with E-state index in [4.69, 9.17) is 11.1 Å². The lowest BCUT2D eigenvalue weighted by molar-refractivity contribution is -0.130. The van der Waals surface area contributed by atoms with Crippen LogP contribution in [0.2, 0.25) is 0 Å². The zero-order valence-corrected chi connectivity index (χ0v) is 20.7. The third-order valence-corrected chi connectivity index (χ3v) is 6.86. The molecular formula is C27H36N4OS. The van der Waals surface area contributed by atoms with Crippen LogP contribution in [0.25, 0.3) is 11.1 Å². The largest absolute Gasteiger partial charge is 0.367 e. The van der Waals surface area contributed by atoms with Crippen LogP contribution in [-0.4, -0.2) is 35.3 Å². The summed E-state index contributed by atoms with van der Waals surface area (Å²) >= 11 is 4.35. The first-order chi connectivity index (χ1) is 15.7. The van der Waals surface area contributed by atoms with Gasteiger partial charge in [-0.1, -0.05) is 54.6 Å². The summed E-state index contributed by atoms with van der Waals surface area (Å²) in [4.78, 5) is 15.5. The molecule has 1 fully saturated rings. The molecule has 1 heterocycles. The first-order valence-corrected chi connectivity index (χ1v) is 12.2. The van der Waals surface area contributed by atoms with Crippen molar-refractivity contribution in [2.75, 3.05) is 6.54 Å². The van der Waals surface area contributed by atoms with Crippen molar-refractivity contribution < 1.29 is 4.79 Å². The molecule has 1 amide bonds. The van der Waals surface area contributed by atoms with Gasteiger partial charge in [0.25, 0.3) is 0 Å². The molecule has 6 heteroatoms. The van der Waals surface area contributed by atoms with Crippen LogP contribution in [0.4, 0.5) is 0 Å². The number of nitrogens with two attached hydrogens (primary N) is 1. The highest BCUT2D eigenvalue weighted by molar-refractivity contribution is 7.84. The summed E-state index contributed by atoms with van der Waals surface area (Å²) < 4.78 is 0. The molecule has 0 radical (unpaired) electrons. The van der Waals surface area contributed by atoms with E-state index in [1.54, 1.807) is 0 Å². The summed E-state index contributed by atoms with van der Waals surface area (Å²) in [5.74, 6) is 0.652. The second kappa shape index (κ2) is 11.5. The molecule has 0 bridgehead atoms.